The van der Waals surface area contributed by atoms with Crippen molar-refractivity contribution in [3.63, 3.8) is 0 Å². The molecule has 0 bridgehead atoms. The standard InChI is InChI=1S/C20H18FN5O5/c1-30-14-7-12(8-15(9-14)31-2)22-16(27)10-25-18-17(23-24-25)19(28)26(20(18)29)13-5-3-11(21)4-6-13/h3-9,17-18H,10H2,1-2H3,(H,22,27)/t17-,18+/m1/s1. The Balaban J connectivity index is 1.48. The number of carbonyl (C=O) groups excluding carboxylic acids is 3. The maximum Gasteiger partial charge on any atom is 0.263 e. The fourth-order valence-corrected chi connectivity index (χ4v) is 3.43. The summed E-state index contributed by atoms with van der Waals surface area (Å²) in [4.78, 5) is 39.0. The molecule has 11 heteroatoms. The predicted octanol–water partition coefficient (Wildman–Crippen LogP) is 1.77. The summed E-state index contributed by atoms with van der Waals surface area (Å²) < 4.78 is 23.5. The van der Waals surface area contributed by atoms with E-state index in [9.17, 15) is 18.8 Å². The highest BCUT2D eigenvalue weighted by atomic mass is 19.1. The van der Waals surface area contributed by atoms with Gasteiger partial charge in [-0.2, -0.15) is 5.11 Å². The Labute approximate surface area is 176 Å². The first kappa shape index (κ1) is 20.3. The number of fused-ring (bicyclic) bond motifs is 1. The molecule has 2 aliphatic rings. The molecule has 0 radical (unpaired) electrons. The van der Waals surface area contributed by atoms with Crippen molar-refractivity contribution in [2.24, 2.45) is 10.3 Å². The highest BCUT2D eigenvalue weighted by Gasteiger charge is 2.55. The molecule has 1 fully saturated rings. The third kappa shape index (κ3) is 3.77. The van der Waals surface area contributed by atoms with Gasteiger partial charge in [-0.25, -0.2) is 9.29 Å². The second-order valence-electron chi connectivity index (χ2n) is 6.83. The number of hydrogen-bond acceptors (Lipinski definition) is 8. The number of amides is 3. The van der Waals surface area contributed by atoms with Gasteiger partial charge >= 0.3 is 0 Å². The highest BCUT2D eigenvalue weighted by Crippen LogP contribution is 2.32. The number of carbonyl (C=O) groups is 3. The molecule has 31 heavy (non-hydrogen) atoms. The first-order valence-electron chi connectivity index (χ1n) is 9.25. The highest BCUT2D eigenvalue weighted by molar-refractivity contribution is 6.25. The van der Waals surface area contributed by atoms with Crippen LogP contribution < -0.4 is 19.7 Å². The molecule has 10 nitrogen and oxygen atoms in total. The molecular formula is C20H18FN5O5. The topological polar surface area (TPSA) is 113 Å². The van der Waals surface area contributed by atoms with E-state index < -0.39 is 35.6 Å². The molecule has 2 aromatic carbocycles. The van der Waals surface area contributed by atoms with Gasteiger partial charge in [0.1, 0.15) is 23.9 Å². The van der Waals surface area contributed by atoms with E-state index in [4.69, 9.17) is 9.47 Å². The Kier molecular flexibility index (Phi) is 5.24. The van der Waals surface area contributed by atoms with Gasteiger partial charge in [0.05, 0.1) is 19.9 Å². The maximum absolute atomic E-state index is 13.2. The molecule has 1 saturated heterocycles. The van der Waals surface area contributed by atoms with Crippen molar-refractivity contribution < 1.29 is 28.2 Å². The maximum atomic E-state index is 13.2. The Hall–Kier alpha value is -4.02. The van der Waals surface area contributed by atoms with E-state index in [1.807, 2.05) is 0 Å². The molecule has 0 saturated carbocycles. The van der Waals surface area contributed by atoms with Crippen LogP contribution in [0.1, 0.15) is 0 Å². The average molecular weight is 427 g/mol. The van der Waals surface area contributed by atoms with Crippen LogP contribution in [-0.2, 0) is 14.4 Å². The number of rotatable bonds is 6. The molecule has 4 rings (SSSR count). The van der Waals surface area contributed by atoms with Crippen molar-refractivity contribution in [1.29, 1.82) is 0 Å². The number of nitrogens with zero attached hydrogens (tertiary/aromatic N) is 4. The molecular weight excluding hydrogens is 409 g/mol. The molecule has 0 spiro atoms. The van der Waals surface area contributed by atoms with Crippen molar-refractivity contribution >= 4 is 29.1 Å². The minimum atomic E-state index is -1.05. The summed E-state index contributed by atoms with van der Waals surface area (Å²) in [6.45, 7) is -0.305. The van der Waals surface area contributed by atoms with Crippen LogP contribution in [0, 0.1) is 5.82 Å². The number of anilines is 2. The van der Waals surface area contributed by atoms with Crippen LogP contribution in [0.25, 0.3) is 0 Å². The van der Waals surface area contributed by atoms with Gasteiger partial charge in [-0.05, 0) is 24.3 Å². The molecule has 3 amide bonds. The number of halogens is 1. The largest absolute Gasteiger partial charge is 0.497 e. The summed E-state index contributed by atoms with van der Waals surface area (Å²) in [5, 5.41) is 11.5. The molecule has 2 aromatic rings. The lowest BCUT2D eigenvalue weighted by atomic mass is 10.1. The summed E-state index contributed by atoms with van der Waals surface area (Å²) in [6.07, 6.45) is 0. The number of imide groups is 1. The lowest BCUT2D eigenvalue weighted by Crippen LogP contribution is -2.43. The minimum Gasteiger partial charge on any atom is -0.497 e. The van der Waals surface area contributed by atoms with Crippen LogP contribution in [0.4, 0.5) is 15.8 Å². The van der Waals surface area contributed by atoms with Gasteiger partial charge in [-0.1, -0.05) is 5.22 Å². The van der Waals surface area contributed by atoms with Crippen LogP contribution in [0.3, 0.4) is 0 Å². The second-order valence-corrected chi connectivity index (χ2v) is 6.83. The summed E-state index contributed by atoms with van der Waals surface area (Å²) in [5.74, 6) is -1.15. The van der Waals surface area contributed by atoms with Gasteiger partial charge in [0.2, 0.25) is 5.91 Å². The Morgan fingerprint density at radius 1 is 1.06 bits per heavy atom. The van der Waals surface area contributed by atoms with E-state index >= 15 is 0 Å². The van der Waals surface area contributed by atoms with Crippen molar-refractivity contribution in [3.05, 3.63) is 48.3 Å². The second kappa shape index (κ2) is 8.01. The number of benzene rings is 2. The first-order valence-corrected chi connectivity index (χ1v) is 9.25. The van der Waals surface area contributed by atoms with E-state index in [0.29, 0.717) is 17.2 Å². The molecule has 2 heterocycles. The number of methoxy groups -OCH3 is 2. The summed E-state index contributed by atoms with van der Waals surface area (Å²) in [6, 6.07) is 7.74. The van der Waals surface area contributed by atoms with E-state index in [1.165, 1.54) is 31.4 Å². The Morgan fingerprint density at radius 2 is 1.71 bits per heavy atom. The minimum absolute atomic E-state index is 0.230. The Morgan fingerprint density at radius 3 is 2.32 bits per heavy atom. The fourth-order valence-electron chi connectivity index (χ4n) is 3.43. The first-order chi connectivity index (χ1) is 14.9. The normalized spacial score (nSPS) is 19.6. The summed E-state index contributed by atoms with van der Waals surface area (Å²) >= 11 is 0. The van der Waals surface area contributed by atoms with Gasteiger partial charge in [0, 0.05) is 23.9 Å². The van der Waals surface area contributed by atoms with Gasteiger partial charge < -0.3 is 14.8 Å². The molecule has 2 atom stereocenters. The van der Waals surface area contributed by atoms with E-state index in [2.05, 4.69) is 15.7 Å². The van der Waals surface area contributed by atoms with Crippen LogP contribution in [0.5, 0.6) is 11.5 Å². The monoisotopic (exact) mass is 427 g/mol. The van der Waals surface area contributed by atoms with Crippen molar-refractivity contribution in [3.8, 4) is 11.5 Å². The lowest BCUT2D eigenvalue weighted by Gasteiger charge is -2.20. The number of nitrogens with one attached hydrogen (secondary N) is 1. The van der Waals surface area contributed by atoms with Crippen molar-refractivity contribution in [2.75, 3.05) is 31.0 Å². The van der Waals surface area contributed by atoms with E-state index in [0.717, 1.165) is 17.0 Å². The van der Waals surface area contributed by atoms with Crippen LogP contribution in [-0.4, -0.2) is 55.6 Å². The number of ether oxygens (including phenoxy) is 2. The molecule has 2 aliphatic heterocycles. The van der Waals surface area contributed by atoms with E-state index in [-0.39, 0.29) is 12.2 Å². The van der Waals surface area contributed by atoms with Gasteiger partial charge in [0.25, 0.3) is 11.8 Å². The lowest BCUT2D eigenvalue weighted by molar-refractivity contribution is -0.123. The van der Waals surface area contributed by atoms with Crippen LogP contribution in [0.2, 0.25) is 0 Å². The van der Waals surface area contributed by atoms with Crippen molar-refractivity contribution in [1.82, 2.24) is 5.01 Å². The Bertz CT molecular complexity index is 1050. The zero-order valence-corrected chi connectivity index (χ0v) is 16.6. The zero-order chi connectivity index (χ0) is 22.1. The predicted molar refractivity (Wildman–Crippen MR) is 106 cm³/mol. The smallest absolute Gasteiger partial charge is 0.263 e. The number of hydrogen-bond donors (Lipinski definition) is 1. The van der Waals surface area contributed by atoms with Gasteiger partial charge in [-0.15, -0.1) is 0 Å². The average Bonchev–Trinajstić information content (AvgIpc) is 3.28. The van der Waals surface area contributed by atoms with Gasteiger partial charge in [-0.3, -0.25) is 19.4 Å². The molecule has 0 aromatic heterocycles. The summed E-state index contributed by atoms with van der Waals surface area (Å²) in [7, 11) is 2.97. The molecule has 0 unspecified atom stereocenters. The SMILES string of the molecule is COc1cc(NC(=O)CN2N=N[C@H]3C(=O)N(c4ccc(F)cc4)C(=O)[C@H]32)cc(OC)c1. The quantitative estimate of drug-likeness (QED) is 0.703. The third-order valence-electron chi connectivity index (χ3n) is 4.88. The third-order valence-corrected chi connectivity index (χ3v) is 4.88. The van der Waals surface area contributed by atoms with E-state index in [1.54, 1.807) is 18.2 Å². The molecule has 0 aliphatic carbocycles. The zero-order valence-electron chi connectivity index (χ0n) is 16.6. The molecule has 160 valence electrons. The van der Waals surface area contributed by atoms with Crippen molar-refractivity contribution in [2.45, 2.75) is 12.1 Å². The molecule has 1 N–H and O–H groups in total. The summed E-state index contributed by atoms with van der Waals surface area (Å²) in [5.41, 5.74) is 0.657. The van der Waals surface area contributed by atoms with Gasteiger partial charge in [0.15, 0.2) is 12.1 Å². The van der Waals surface area contributed by atoms with Crippen LogP contribution in [0.15, 0.2) is 52.8 Å². The van der Waals surface area contributed by atoms with Crippen LogP contribution >= 0.6 is 0 Å². The fraction of sp³-hybridized carbons (Fsp3) is 0.250.